The lowest BCUT2D eigenvalue weighted by Gasteiger charge is -2.12. The van der Waals surface area contributed by atoms with Crippen molar-refractivity contribution in [3.8, 4) is 0 Å². The number of amidine groups is 1. The number of rotatable bonds is 5. The van der Waals surface area contributed by atoms with Crippen molar-refractivity contribution in [1.29, 1.82) is 0 Å². The van der Waals surface area contributed by atoms with Crippen LogP contribution in [0.2, 0.25) is 0 Å². The van der Waals surface area contributed by atoms with Gasteiger partial charge in [0, 0.05) is 23.3 Å². The molecule has 0 aliphatic heterocycles. The third-order valence-corrected chi connectivity index (χ3v) is 3.85. The van der Waals surface area contributed by atoms with Gasteiger partial charge in [0.05, 0.1) is 5.69 Å². The Hall–Kier alpha value is -2.49. The predicted molar refractivity (Wildman–Crippen MR) is 88.3 cm³/mol. The minimum atomic E-state index is -2.35. The van der Waals surface area contributed by atoms with Crippen molar-refractivity contribution in [2.75, 3.05) is 12.8 Å². The van der Waals surface area contributed by atoms with E-state index in [1.165, 1.54) is 24.4 Å². The SMILES string of the molecule is CNCc1cc(N=C(N)c2c(N)cc[nH]c2=O)ccc1S(=O)[O-]. The standard InChI is InChI=1S/C14H17N5O3S/c1-17-7-8-6-9(2-3-11(8)23(21)22)19-13(16)12-10(15)4-5-18-14(12)20/h2-6,17H,7H2,1H3,(H2,16,19)(H,21,22)(H3,15,18,20)/p-1. The van der Waals surface area contributed by atoms with Gasteiger partial charge in [-0.05, 0) is 48.0 Å². The van der Waals surface area contributed by atoms with Crippen LogP contribution in [-0.4, -0.2) is 26.6 Å². The molecular formula is C14H16N5O3S-. The number of hydrogen-bond acceptors (Lipinski definition) is 6. The number of nitrogens with two attached hydrogens (primary N) is 2. The minimum Gasteiger partial charge on any atom is -0.768 e. The van der Waals surface area contributed by atoms with Crippen LogP contribution in [0.4, 0.5) is 11.4 Å². The van der Waals surface area contributed by atoms with Crippen molar-refractivity contribution in [3.05, 3.63) is 51.9 Å². The van der Waals surface area contributed by atoms with E-state index < -0.39 is 16.6 Å². The van der Waals surface area contributed by atoms with E-state index >= 15 is 0 Å². The summed E-state index contributed by atoms with van der Waals surface area (Å²) in [5, 5.41) is 2.88. The van der Waals surface area contributed by atoms with Crippen molar-refractivity contribution in [3.63, 3.8) is 0 Å². The minimum absolute atomic E-state index is 0.0456. The third kappa shape index (κ3) is 3.83. The fraction of sp³-hybridized carbons (Fsp3) is 0.143. The van der Waals surface area contributed by atoms with Crippen LogP contribution in [0.3, 0.4) is 0 Å². The number of nitrogens with one attached hydrogen (secondary N) is 2. The highest BCUT2D eigenvalue weighted by molar-refractivity contribution is 7.79. The molecule has 0 saturated heterocycles. The number of hydrogen-bond donors (Lipinski definition) is 4. The molecule has 0 bridgehead atoms. The van der Waals surface area contributed by atoms with Crippen molar-refractivity contribution < 1.29 is 8.76 Å². The number of pyridine rings is 1. The molecule has 0 aliphatic rings. The summed E-state index contributed by atoms with van der Waals surface area (Å²) in [4.78, 5) is 18.6. The van der Waals surface area contributed by atoms with Crippen LogP contribution >= 0.6 is 0 Å². The van der Waals surface area contributed by atoms with E-state index in [9.17, 15) is 13.6 Å². The molecule has 2 rings (SSSR count). The zero-order valence-electron chi connectivity index (χ0n) is 12.3. The smallest absolute Gasteiger partial charge is 0.261 e. The zero-order chi connectivity index (χ0) is 17.0. The Morgan fingerprint density at radius 3 is 2.78 bits per heavy atom. The zero-order valence-corrected chi connectivity index (χ0v) is 13.1. The number of benzene rings is 1. The number of aromatic nitrogens is 1. The molecule has 23 heavy (non-hydrogen) atoms. The quantitative estimate of drug-likeness (QED) is 0.342. The van der Waals surface area contributed by atoms with Crippen molar-refractivity contribution in [2.45, 2.75) is 11.4 Å². The molecular weight excluding hydrogens is 318 g/mol. The lowest BCUT2D eigenvalue weighted by Crippen LogP contribution is -2.25. The average molecular weight is 334 g/mol. The second-order valence-electron chi connectivity index (χ2n) is 4.69. The van der Waals surface area contributed by atoms with Gasteiger partial charge < -0.3 is 26.3 Å². The molecule has 1 unspecified atom stereocenters. The summed E-state index contributed by atoms with van der Waals surface area (Å²) < 4.78 is 22.4. The maximum absolute atomic E-state index is 11.8. The van der Waals surface area contributed by atoms with Crippen molar-refractivity contribution in [2.24, 2.45) is 10.7 Å². The van der Waals surface area contributed by atoms with Crippen LogP contribution in [0.1, 0.15) is 11.1 Å². The molecule has 6 N–H and O–H groups in total. The summed E-state index contributed by atoms with van der Waals surface area (Å²) in [6, 6.07) is 6.03. The van der Waals surface area contributed by atoms with Gasteiger partial charge in [-0.25, -0.2) is 4.99 Å². The van der Waals surface area contributed by atoms with Crippen molar-refractivity contribution >= 4 is 28.3 Å². The highest BCUT2D eigenvalue weighted by atomic mass is 32.2. The first-order chi connectivity index (χ1) is 10.9. The van der Waals surface area contributed by atoms with Gasteiger partial charge >= 0.3 is 0 Å². The summed E-state index contributed by atoms with van der Waals surface area (Å²) in [7, 11) is 1.70. The molecule has 8 nitrogen and oxygen atoms in total. The van der Waals surface area contributed by atoms with Crippen LogP contribution in [-0.2, 0) is 17.6 Å². The van der Waals surface area contributed by atoms with Crippen molar-refractivity contribution in [1.82, 2.24) is 10.3 Å². The average Bonchev–Trinajstić information content (AvgIpc) is 2.47. The van der Waals surface area contributed by atoms with Gasteiger partial charge in [0.15, 0.2) is 0 Å². The molecule has 0 saturated carbocycles. The Labute approximate surface area is 134 Å². The molecule has 1 atom stereocenters. The van der Waals surface area contributed by atoms with Gasteiger partial charge in [0.1, 0.15) is 11.4 Å². The number of nitrogens with zero attached hydrogens (tertiary/aromatic N) is 1. The number of aliphatic imine (C=N–C) groups is 1. The molecule has 1 aromatic carbocycles. The summed E-state index contributed by atoms with van der Waals surface area (Å²) in [6.45, 7) is 0.348. The first-order valence-corrected chi connectivity index (χ1v) is 7.70. The van der Waals surface area contributed by atoms with E-state index in [0.29, 0.717) is 17.8 Å². The summed E-state index contributed by atoms with van der Waals surface area (Å²) >= 11 is -2.35. The third-order valence-electron chi connectivity index (χ3n) is 3.09. The molecule has 0 radical (unpaired) electrons. The van der Waals surface area contributed by atoms with Gasteiger partial charge in [0.25, 0.3) is 5.56 Å². The normalized spacial score (nSPS) is 13.0. The van der Waals surface area contributed by atoms with E-state index in [1.54, 1.807) is 13.1 Å². The first-order valence-electron chi connectivity index (χ1n) is 6.62. The lowest BCUT2D eigenvalue weighted by molar-refractivity contribution is 0.535. The van der Waals surface area contributed by atoms with Gasteiger partial charge in [-0.1, -0.05) is 0 Å². The van der Waals surface area contributed by atoms with E-state index in [2.05, 4.69) is 15.3 Å². The maximum atomic E-state index is 11.8. The monoisotopic (exact) mass is 334 g/mol. The summed E-state index contributed by atoms with van der Waals surface area (Å²) in [6.07, 6.45) is 1.41. The Bertz CT molecular complexity index is 831. The van der Waals surface area contributed by atoms with E-state index in [1.807, 2.05) is 0 Å². The van der Waals surface area contributed by atoms with E-state index in [0.717, 1.165) is 0 Å². The van der Waals surface area contributed by atoms with Crippen LogP contribution in [0.5, 0.6) is 0 Å². The number of anilines is 1. The Kier molecular flexibility index (Phi) is 5.27. The molecule has 2 aromatic rings. The predicted octanol–water partition coefficient (Wildman–Crippen LogP) is -0.0485. The van der Waals surface area contributed by atoms with Gasteiger partial charge in [0.2, 0.25) is 0 Å². The fourth-order valence-corrected chi connectivity index (χ4v) is 2.60. The second kappa shape index (κ2) is 7.18. The van der Waals surface area contributed by atoms with E-state index in [-0.39, 0.29) is 22.0 Å². The highest BCUT2D eigenvalue weighted by Gasteiger charge is 2.10. The summed E-state index contributed by atoms with van der Waals surface area (Å²) in [5.74, 6) is -0.0456. The van der Waals surface area contributed by atoms with Crippen LogP contribution in [0.25, 0.3) is 0 Å². The summed E-state index contributed by atoms with van der Waals surface area (Å²) in [5.41, 5.74) is 12.4. The van der Waals surface area contributed by atoms with Gasteiger partial charge in [-0.2, -0.15) is 0 Å². The lowest BCUT2D eigenvalue weighted by atomic mass is 10.2. The molecule has 0 fully saturated rings. The molecule has 0 amide bonds. The highest BCUT2D eigenvalue weighted by Crippen LogP contribution is 2.21. The Morgan fingerprint density at radius 2 is 2.17 bits per heavy atom. The van der Waals surface area contributed by atoms with Gasteiger partial charge in [-0.3, -0.25) is 9.00 Å². The first kappa shape index (κ1) is 16.9. The Balaban J connectivity index is 2.48. The molecule has 0 aliphatic carbocycles. The topological polar surface area (TPSA) is 149 Å². The maximum Gasteiger partial charge on any atom is 0.261 e. The molecule has 122 valence electrons. The number of nitrogen functional groups attached to an aromatic ring is 1. The van der Waals surface area contributed by atoms with Crippen LogP contribution < -0.4 is 22.3 Å². The number of aromatic amines is 1. The Morgan fingerprint density at radius 1 is 1.43 bits per heavy atom. The fourth-order valence-electron chi connectivity index (χ4n) is 2.08. The van der Waals surface area contributed by atoms with Crippen LogP contribution in [0.15, 0.2) is 45.1 Å². The molecule has 0 spiro atoms. The largest absolute Gasteiger partial charge is 0.768 e. The number of H-pyrrole nitrogens is 1. The van der Waals surface area contributed by atoms with Gasteiger partial charge in [-0.15, -0.1) is 0 Å². The van der Waals surface area contributed by atoms with E-state index in [4.69, 9.17) is 11.5 Å². The second-order valence-corrected chi connectivity index (χ2v) is 5.60. The molecule has 9 heteroatoms. The molecule has 1 heterocycles. The molecule has 1 aromatic heterocycles. The van der Waals surface area contributed by atoms with Crippen LogP contribution in [0, 0.1) is 0 Å².